The summed E-state index contributed by atoms with van der Waals surface area (Å²) < 4.78 is 172. The minimum absolute atomic E-state index is 0.0948. The van der Waals surface area contributed by atoms with Crippen molar-refractivity contribution in [1.29, 1.82) is 0 Å². The van der Waals surface area contributed by atoms with Crippen LogP contribution in [0.2, 0.25) is 0 Å². The van der Waals surface area contributed by atoms with E-state index in [1.165, 1.54) is 0 Å². The van der Waals surface area contributed by atoms with Crippen molar-refractivity contribution in [1.82, 2.24) is 0 Å². The Morgan fingerprint density at radius 3 is 1.73 bits per heavy atom. The first-order valence-corrected chi connectivity index (χ1v) is 14.2. The van der Waals surface area contributed by atoms with E-state index in [1.54, 1.807) is 0 Å². The number of allylic oxidation sites excluding steroid dienone is 1. The van der Waals surface area contributed by atoms with Gasteiger partial charge in [0.05, 0.1) is 13.2 Å². The average Bonchev–Trinajstić information content (AvgIpc) is 2.98. The lowest BCUT2D eigenvalue weighted by molar-refractivity contribution is -0.198. The molecule has 0 bridgehead atoms. The third-order valence-electron chi connectivity index (χ3n) is 7.30. The number of hydrogen-bond donors (Lipinski definition) is 0. The van der Waals surface area contributed by atoms with Crippen molar-refractivity contribution in [2.45, 2.75) is 31.9 Å². The van der Waals surface area contributed by atoms with E-state index in [1.807, 2.05) is 19.1 Å². The molecule has 48 heavy (non-hydrogen) atoms. The normalized spacial score (nSPS) is 17.2. The Bertz CT molecular complexity index is 1800. The Kier molecular flexibility index (Phi) is 9.88. The third kappa shape index (κ3) is 7.34. The van der Waals surface area contributed by atoms with E-state index in [4.69, 9.17) is 9.47 Å². The van der Waals surface area contributed by atoms with Gasteiger partial charge in [0.15, 0.2) is 6.29 Å². The van der Waals surface area contributed by atoms with Gasteiger partial charge in [-0.05, 0) is 60.0 Å². The Balaban J connectivity index is 1.33. The zero-order chi connectivity index (χ0) is 35.0. The second-order valence-electron chi connectivity index (χ2n) is 10.7. The van der Waals surface area contributed by atoms with Gasteiger partial charge in [-0.2, -0.15) is 22.0 Å². The second-order valence-corrected chi connectivity index (χ2v) is 10.7. The van der Waals surface area contributed by atoms with Crippen molar-refractivity contribution >= 4 is 0 Å². The van der Waals surface area contributed by atoms with Crippen LogP contribution in [0.4, 0.5) is 48.3 Å². The topological polar surface area (TPSA) is 27.7 Å². The number of halogens is 11. The zero-order valence-corrected chi connectivity index (χ0v) is 24.6. The van der Waals surface area contributed by atoms with E-state index >= 15 is 13.2 Å². The molecule has 1 heterocycles. The molecule has 0 radical (unpaired) electrons. The lowest BCUT2D eigenvalue weighted by atomic mass is 9.98. The highest BCUT2D eigenvalue weighted by molar-refractivity contribution is 5.72. The van der Waals surface area contributed by atoms with E-state index in [9.17, 15) is 35.1 Å². The fourth-order valence-electron chi connectivity index (χ4n) is 5.07. The highest BCUT2D eigenvalue weighted by Crippen LogP contribution is 2.40. The molecule has 0 unspecified atom stereocenters. The van der Waals surface area contributed by atoms with Gasteiger partial charge in [-0.3, -0.25) is 0 Å². The largest absolute Gasteiger partial charge is 0.432 e. The second kappa shape index (κ2) is 13.6. The molecular weight excluding hydrogens is 665 g/mol. The number of alkyl halides is 5. The lowest BCUT2D eigenvalue weighted by Crippen LogP contribution is -2.28. The van der Waals surface area contributed by atoms with E-state index in [-0.39, 0.29) is 48.0 Å². The minimum Gasteiger partial charge on any atom is -0.429 e. The van der Waals surface area contributed by atoms with Crippen LogP contribution in [0, 0.1) is 40.8 Å². The van der Waals surface area contributed by atoms with Crippen molar-refractivity contribution in [3.8, 4) is 28.0 Å². The van der Waals surface area contributed by atoms with Crippen LogP contribution >= 0.6 is 0 Å². The first-order chi connectivity index (χ1) is 22.6. The van der Waals surface area contributed by atoms with Gasteiger partial charge in [-0.25, -0.2) is 26.3 Å². The Hall–Kier alpha value is -4.43. The van der Waals surface area contributed by atoms with Crippen molar-refractivity contribution < 1.29 is 62.5 Å². The van der Waals surface area contributed by atoms with Gasteiger partial charge >= 0.3 is 12.3 Å². The number of benzene rings is 4. The van der Waals surface area contributed by atoms with Crippen molar-refractivity contribution in [3.63, 3.8) is 0 Å². The van der Waals surface area contributed by atoms with E-state index in [2.05, 4.69) is 4.74 Å². The average molecular weight is 689 g/mol. The quantitative estimate of drug-likeness (QED) is 0.136. The molecule has 14 heteroatoms. The molecule has 1 aliphatic rings. The molecule has 0 saturated carbocycles. The maximum Gasteiger partial charge on any atom is 0.432 e. The van der Waals surface area contributed by atoms with Crippen molar-refractivity contribution in [3.05, 3.63) is 124 Å². The number of hydrogen-bond acceptors (Lipinski definition) is 3. The first kappa shape index (κ1) is 34.9. The van der Waals surface area contributed by atoms with Gasteiger partial charge in [-0.1, -0.05) is 31.2 Å². The molecule has 0 amide bonds. The summed E-state index contributed by atoms with van der Waals surface area (Å²) in [5, 5.41) is 0. The number of ether oxygens (including phenoxy) is 3. The van der Waals surface area contributed by atoms with Crippen LogP contribution in [0.15, 0.2) is 72.8 Å². The van der Waals surface area contributed by atoms with Gasteiger partial charge in [0.1, 0.15) is 51.8 Å². The van der Waals surface area contributed by atoms with Crippen LogP contribution < -0.4 is 4.74 Å². The summed E-state index contributed by atoms with van der Waals surface area (Å²) in [4.78, 5) is 0. The first-order valence-electron chi connectivity index (χ1n) is 14.2. The summed E-state index contributed by atoms with van der Waals surface area (Å²) in [6.45, 7) is 2.27. The SMILES string of the molecule is CC/C=C/C1COC(c2cc(F)c(C(F)(F)Oc3ccc(-c4ccc(-c5cc(F)c(C(F)(F)F)c(F)c5)c(F)c4)c(F)c3)c(F)c2)OC1. The molecule has 1 fully saturated rings. The third-order valence-corrected chi connectivity index (χ3v) is 7.30. The maximum atomic E-state index is 15.0. The summed E-state index contributed by atoms with van der Waals surface area (Å²) in [6, 6.07) is 6.63. The smallest absolute Gasteiger partial charge is 0.429 e. The van der Waals surface area contributed by atoms with Crippen LogP contribution in [-0.4, -0.2) is 13.2 Å². The van der Waals surface area contributed by atoms with Crippen LogP contribution in [-0.2, 0) is 21.8 Å². The molecular formula is C34H23F11O3. The van der Waals surface area contributed by atoms with Crippen molar-refractivity contribution in [2.75, 3.05) is 13.2 Å². The summed E-state index contributed by atoms with van der Waals surface area (Å²) >= 11 is 0. The highest BCUT2D eigenvalue weighted by atomic mass is 19.4. The molecule has 0 aliphatic carbocycles. The summed E-state index contributed by atoms with van der Waals surface area (Å²) in [5.41, 5.74) is -5.77. The lowest BCUT2D eigenvalue weighted by Gasteiger charge is -2.28. The summed E-state index contributed by atoms with van der Waals surface area (Å²) in [6.07, 6.45) is -6.64. The van der Waals surface area contributed by atoms with Gasteiger partial charge in [0.25, 0.3) is 0 Å². The molecule has 3 nitrogen and oxygen atoms in total. The molecule has 5 rings (SSSR count). The van der Waals surface area contributed by atoms with E-state index in [0.717, 1.165) is 30.7 Å². The molecule has 1 saturated heterocycles. The van der Waals surface area contributed by atoms with E-state index in [0.29, 0.717) is 24.3 Å². The van der Waals surface area contributed by atoms with Gasteiger partial charge in [0.2, 0.25) is 0 Å². The van der Waals surface area contributed by atoms with Gasteiger partial charge < -0.3 is 14.2 Å². The molecule has 254 valence electrons. The Labute approximate surface area is 266 Å². The fraction of sp³-hybridized carbons (Fsp3) is 0.235. The maximum absolute atomic E-state index is 15.0. The van der Waals surface area contributed by atoms with Crippen LogP contribution in [0.1, 0.15) is 36.3 Å². The zero-order valence-electron chi connectivity index (χ0n) is 24.6. The predicted octanol–water partition coefficient (Wildman–Crippen LogP) is 10.6. The van der Waals surface area contributed by atoms with Gasteiger partial charge in [-0.15, -0.1) is 0 Å². The predicted molar refractivity (Wildman–Crippen MR) is 151 cm³/mol. The van der Waals surface area contributed by atoms with Gasteiger partial charge in [0, 0.05) is 28.7 Å². The Morgan fingerprint density at radius 1 is 0.667 bits per heavy atom. The number of rotatable bonds is 8. The Morgan fingerprint density at radius 2 is 1.19 bits per heavy atom. The monoisotopic (exact) mass is 688 g/mol. The molecule has 0 atom stereocenters. The molecule has 0 aromatic heterocycles. The van der Waals surface area contributed by atoms with Crippen LogP contribution in [0.3, 0.4) is 0 Å². The highest BCUT2D eigenvalue weighted by Gasteiger charge is 2.42. The standard InChI is InChI=1S/C34H23F11O3/c1-2-3-4-17-15-46-32(47-16-17)20-12-28(39)31(29(40)13-20)34(44,45)48-21-6-8-22(25(36)14-21)18-5-7-23(24(35)9-18)19-10-26(37)30(27(38)11-19)33(41,42)43/h3-14,17,32H,2,15-16H2,1H3/b4-3+. The molecule has 4 aromatic rings. The minimum atomic E-state index is -5.34. The molecule has 1 aliphatic heterocycles. The van der Waals surface area contributed by atoms with Crippen LogP contribution in [0.5, 0.6) is 5.75 Å². The molecule has 0 N–H and O–H groups in total. The van der Waals surface area contributed by atoms with E-state index < -0.39 is 81.5 Å². The molecule has 0 spiro atoms. The molecule has 4 aromatic carbocycles. The fourth-order valence-corrected chi connectivity index (χ4v) is 5.07. The summed E-state index contributed by atoms with van der Waals surface area (Å²) in [5.74, 6) is -10.7. The van der Waals surface area contributed by atoms with Crippen LogP contribution in [0.25, 0.3) is 22.3 Å². The van der Waals surface area contributed by atoms with Crippen molar-refractivity contribution in [2.24, 2.45) is 5.92 Å². The summed E-state index contributed by atoms with van der Waals surface area (Å²) in [7, 11) is 0.